The molecule has 0 aliphatic heterocycles. The van der Waals surface area contributed by atoms with E-state index < -0.39 is 9.84 Å². The number of hydrogen-bond acceptors (Lipinski definition) is 5. The minimum absolute atomic E-state index is 0.0911. The average molecular weight is 329 g/mol. The Morgan fingerprint density at radius 3 is 2.55 bits per heavy atom. The third kappa shape index (κ3) is 3.47. The van der Waals surface area contributed by atoms with Gasteiger partial charge in [-0.1, -0.05) is 6.92 Å². The summed E-state index contributed by atoms with van der Waals surface area (Å²) in [5.41, 5.74) is 0. The highest BCUT2D eigenvalue weighted by Gasteiger charge is 2.15. The van der Waals surface area contributed by atoms with Crippen molar-refractivity contribution in [3.63, 3.8) is 0 Å². The van der Waals surface area contributed by atoms with E-state index in [0.717, 1.165) is 9.75 Å². The SMILES string of the molecule is CCS(=O)(=O)c1ccc(CNC(=O)c2ccc(C)s2)s1. The largest absolute Gasteiger partial charge is 0.346 e. The van der Waals surface area contributed by atoms with Crippen molar-refractivity contribution in [2.75, 3.05) is 5.75 Å². The van der Waals surface area contributed by atoms with Gasteiger partial charge in [0.15, 0.2) is 9.84 Å². The maximum absolute atomic E-state index is 11.9. The molecular formula is C13H15NO3S3. The summed E-state index contributed by atoms with van der Waals surface area (Å²) < 4.78 is 23.8. The molecule has 0 spiro atoms. The molecule has 108 valence electrons. The van der Waals surface area contributed by atoms with E-state index in [2.05, 4.69) is 5.32 Å². The molecule has 2 heterocycles. The van der Waals surface area contributed by atoms with Gasteiger partial charge in [-0.15, -0.1) is 22.7 Å². The zero-order valence-electron chi connectivity index (χ0n) is 11.2. The summed E-state index contributed by atoms with van der Waals surface area (Å²) >= 11 is 2.65. The smallest absolute Gasteiger partial charge is 0.261 e. The number of sulfone groups is 1. The molecule has 0 aromatic carbocycles. The van der Waals surface area contributed by atoms with Crippen LogP contribution in [-0.4, -0.2) is 20.1 Å². The molecule has 0 fully saturated rings. The molecule has 2 rings (SSSR count). The molecule has 2 aromatic heterocycles. The average Bonchev–Trinajstić information content (AvgIpc) is 3.05. The van der Waals surface area contributed by atoms with Gasteiger partial charge >= 0.3 is 0 Å². The van der Waals surface area contributed by atoms with Crippen LogP contribution in [0.2, 0.25) is 0 Å². The molecule has 7 heteroatoms. The topological polar surface area (TPSA) is 63.2 Å². The van der Waals surface area contributed by atoms with Gasteiger partial charge in [0.05, 0.1) is 17.2 Å². The van der Waals surface area contributed by atoms with E-state index in [4.69, 9.17) is 0 Å². The summed E-state index contributed by atoms with van der Waals surface area (Å²) in [6.07, 6.45) is 0. The molecule has 0 radical (unpaired) electrons. The maximum Gasteiger partial charge on any atom is 0.261 e. The van der Waals surface area contributed by atoms with Crippen LogP contribution in [0.5, 0.6) is 0 Å². The Morgan fingerprint density at radius 2 is 1.95 bits per heavy atom. The molecule has 0 saturated heterocycles. The van der Waals surface area contributed by atoms with Crippen molar-refractivity contribution in [3.05, 3.63) is 38.9 Å². The number of amides is 1. The molecule has 0 aliphatic rings. The lowest BCUT2D eigenvalue weighted by atomic mass is 10.4. The van der Waals surface area contributed by atoms with Gasteiger partial charge in [0.1, 0.15) is 4.21 Å². The Balaban J connectivity index is 2.00. The molecule has 0 saturated carbocycles. The van der Waals surface area contributed by atoms with Crippen molar-refractivity contribution in [1.29, 1.82) is 0 Å². The van der Waals surface area contributed by atoms with Gasteiger partial charge in [-0.2, -0.15) is 0 Å². The van der Waals surface area contributed by atoms with Crippen molar-refractivity contribution in [2.24, 2.45) is 0 Å². The molecule has 0 aliphatic carbocycles. The summed E-state index contributed by atoms with van der Waals surface area (Å²) in [6, 6.07) is 7.03. The molecule has 1 amide bonds. The third-order valence-corrected chi connectivity index (χ3v) is 7.11. The van der Waals surface area contributed by atoms with Gasteiger partial charge in [-0.05, 0) is 31.2 Å². The van der Waals surface area contributed by atoms with Crippen LogP contribution in [0.25, 0.3) is 0 Å². The van der Waals surface area contributed by atoms with Crippen LogP contribution in [0.4, 0.5) is 0 Å². The van der Waals surface area contributed by atoms with Gasteiger partial charge in [-0.3, -0.25) is 4.79 Å². The Hall–Kier alpha value is -1.18. The first-order chi connectivity index (χ1) is 9.42. The molecule has 4 nitrogen and oxygen atoms in total. The number of rotatable bonds is 5. The quantitative estimate of drug-likeness (QED) is 0.917. The zero-order chi connectivity index (χ0) is 14.8. The van der Waals surface area contributed by atoms with Crippen molar-refractivity contribution in [1.82, 2.24) is 5.32 Å². The minimum atomic E-state index is -3.16. The summed E-state index contributed by atoms with van der Waals surface area (Å²) in [4.78, 5) is 14.5. The van der Waals surface area contributed by atoms with E-state index in [1.165, 1.54) is 22.7 Å². The van der Waals surface area contributed by atoms with E-state index in [1.54, 1.807) is 25.1 Å². The van der Waals surface area contributed by atoms with Gasteiger partial charge in [-0.25, -0.2) is 8.42 Å². The molecule has 0 bridgehead atoms. The number of nitrogens with one attached hydrogen (secondary N) is 1. The van der Waals surface area contributed by atoms with Crippen molar-refractivity contribution in [3.8, 4) is 0 Å². The second-order valence-electron chi connectivity index (χ2n) is 4.22. The van der Waals surface area contributed by atoms with E-state index in [9.17, 15) is 13.2 Å². The van der Waals surface area contributed by atoms with E-state index >= 15 is 0 Å². The first-order valence-corrected chi connectivity index (χ1v) is 9.37. The third-order valence-electron chi connectivity index (χ3n) is 2.71. The predicted octanol–water partition coefficient (Wildman–Crippen LogP) is 2.84. The molecule has 0 unspecified atom stereocenters. The van der Waals surface area contributed by atoms with E-state index in [1.807, 2.05) is 13.0 Å². The lowest BCUT2D eigenvalue weighted by Gasteiger charge is -2.01. The van der Waals surface area contributed by atoms with E-state index in [0.29, 0.717) is 15.6 Å². The Morgan fingerprint density at radius 1 is 1.20 bits per heavy atom. The summed E-state index contributed by atoms with van der Waals surface area (Å²) in [5, 5.41) is 2.80. The number of hydrogen-bond donors (Lipinski definition) is 1. The van der Waals surface area contributed by atoms with Gasteiger partial charge in [0.25, 0.3) is 5.91 Å². The number of aryl methyl sites for hydroxylation is 1. The number of carbonyl (C=O) groups excluding carboxylic acids is 1. The van der Waals surface area contributed by atoms with Crippen LogP contribution < -0.4 is 5.32 Å². The van der Waals surface area contributed by atoms with Crippen LogP contribution in [0, 0.1) is 6.92 Å². The number of thiophene rings is 2. The maximum atomic E-state index is 11.9. The molecule has 20 heavy (non-hydrogen) atoms. The monoisotopic (exact) mass is 329 g/mol. The van der Waals surface area contributed by atoms with Crippen molar-refractivity contribution in [2.45, 2.75) is 24.6 Å². The zero-order valence-corrected chi connectivity index (χ0v) is 13.6. The molecule has 2 aromatic rings. The summed E-state index contributed by atoms with van der Waals surface area (Å²) in [6.45, 7) is 3.91. The Bertz CT molecular complexity index is 713. The highest BCUT2D eigenvalue weighted by Crippen LogP contribution is 2.23. The van der Waals surface area contributed by atoms with Crippen LogP contribution >= 0.6 is 22.7 Å². The second kappa shape index (κ2) is 6.07. The highest BCUT2D eigenvalue weighted by molar-refractivity contribution is 7.93. The number of carbonyl (C=O) groups is 1. The Kier molecular flexibility index (Phi) is 4.62. The predicted molar refractivity (Wildman–Crippen MR) is 82.3 cm³/mol. The summed E-state index contributed by atoms with van der Waals surface area (Å²) in [7, 11) is -3.16. The van der Waals surface area contributed by atoms with Crippen molar-refractivity contribution >= 4 is 38.4 Å². The second-order valence-corrected chi connectivity index (χ2v) is 9.18. The highest BCUT2D eigenvalue weighted by atomic mass is 32.2. The van der Waals surface area contributed by atoms with Crippen LogP contribution in [0.3, 0.4) is 0 Å². The van der Waals surface area contributed by atoms with Gasteiger partial charge in [0, 0.05) is 9.75 Å². The fourth-order valence-corrected chi connectivity index (χ4v) is 4.77. The fourth-order valence-electron chi connectivity index (χ4n) is 1.57. The molecule has 0 atom stereocenters. The fraction of sp³-hybridized carbons (Fsp3) is 0.308. The first-order valence-electron chi connectivity index (χ1n) is 6.08. The van der Waals surface area contributed by atoms with E-state index in [-0.39, 0.29) is 11.7 Å². The lowest BCUT2D eigenvalue weighted by Crippen LogP contribution is -2.21. The standard InChI is InChI=1S/C13H15NO3S3/c1-3-20(16,17)12-7-5-10(19-12)8-14-13(15)11-6-4-9(2)18-11/h4-7H,3,8H2,1-2H3,(H,14,15). The normalized spacial score (nSPS) is 11.5. The van der Waals surface area contributed by atoms with Crippen LogP contribution in [-0.2, 0) is 16.4 Å². The summed E-state index contributed by atoms with van der Waals surface area (Å²) in [5.74, 6) is -0.0373. The van der Waals surface area contributed by atoms with Crippen LogP contribution in [0.15, 0.2) is 28.5 Å². The van der Waals surface area contributed by atoms with Gasteiger partial charge in [0.2, 0.25) is 0 Å². The first kappa shape index (κ1) is 15.2. The van der Waals surface area contributed by atoms with Crippen LogP contribution in [0.1, 0.15) is 26.3 Å². The molecular weight excluding hydrogens is 314 g/mol. The molecule has 1 N–H and O–H groups in total. The van der Waals surface area contributed by atoms with Crippen molar-refractivity contribution < 1.29 is 13.2 Å². The Labute approximate surface area is 126 Å². The minimum Gasteiger partial charge on any atom is -0.346 e. The van der Waals surface area contributed by atoms with Gasteiger partial charge < -0.3 is 5.32 Å². The lowest BCUT2D eigenvalue weighted by molar-refractivity contribution is 0.0955.